The van der Waals surface area contributed by atoms with Crippen LogP contribution >= 0.6 is 15.8 Å². The van der Waals surface area contributed by atoms with Gasteiger partial charge in [-0.3, -0.25) is 4.55 Å². The molecule has 0 fully saturated rings. The van der Waals surface area contributed by atoms with Crippen LogP contribution in [-0.4, -0.2) is 37.0 Å². The first-order valence-corrected chi connectivity index (χ1v) is 21.1. The van der Waals surface area contributed by atoms with Crippen molar-refractivity contribution in [3.63, 3.8) is 0 Å². The summed E-state index contributed by atoms with van der Waals surface area (Å²) in [6.45, 7) is 4.50. The molecular weight excluding hydrogens is 1020 g/mol. The molecule has 0 amide bonds. The Bertz CT molecular complexity index is 1900. The van der Waals surface area contributed by atoms with Crippen molar-refractivity contribution in [1.82, 2.24) is 0 Å². The number of halogens is 6. The molecule has 7 nitrogen and oxygen atoms in total. The van der Waals surface area contributed by atoms with Crippen molar-refractivity contribution in [2.45, 2.75) is 11.0 Å². The fourth-order valence-electron chi connectivity index (χ4n) is 4.36. The van der Waals surface area contributed by atoms with Gasteiger partial charge in [0.05, 0.1) is 0 Å². The number of hydrogen-bond donors (Lipinski definition) is 1. The largest absolute Gasteiger partial charge is 0.0622 e. The van der Waals surface area contributed by atoms with Crippen LogP contribution in [0, 0.1) is 6.65 Å². The molecule has 18 heteroatoms. The summed E-state index contributed by atoms with van der Waals surface area (Å²) in [5.41, 5.74) is -11.2. The molecule has 0 spiro atoms. The van der Waals surface area contributed by atoms with Gasteiger partial charge in [-0.15, -0.1) is 0 Å². The summed E-state index contributed by atoms with van der Waals surface area (Å²) in [6.07, 6.45) is 0. The molecule has 0 aliphatic rings. The van der Waals surface area contributed by atoms with Crippen LogP contribution in [0.5, 0.6) is 0 Å². The minimum Gasteiger partial charge on any atom is -0.0622 e. The summed E-state index contributed by atoms with van der Waals surface area (Å²) >= 11 is 0. The van der Waals surface area contributed by atoms with E-state index in [1.807, 2.05) is 0 Å². The van der Waals surface area contributed by atoms with Gasteiger partial charge in [0.2, 0.25) is 0 Å². The average Bonchev–Trinajstić information content (AvgIpc) is 3.18. The number of alkyl halides is 6. The first-order valence-electron chi connectivity index (χ1n) is 15.6. The summed E-state index contributed by atoms with van der Waals surface area (Å²) in [5, 5.41) is 8.39. The second-order valence-electron chi connectivity index (χ2n) is 10.5. The number of rotatable bonds is 6. The minimum atomic E-state index is -6.09. The summed E-state index contributed by atoms with van der Waals surface area (Å²) in [6, 6.07) is 64.7. The molecule has 0 atom stereocenters. The van der Waals surface area contributed by atoms with Gasteiger partial charge in [0.1, 0.15) is 0 Å². The van der Waals surface area contributed by atoms with E-state index in [0.29, 0.717) is 0 Å². The van der Waals surface area contributed by atoms with Gasteiger partial charge < -0.3 is 4.55 Å². The van der Waals surface area contributed by atoms with Crippen molar-refractivity contribution < 1.29 is 78.0 Å². The van der Waals surface area contributed by atoms with Crippen molar-refractivity contribution in [2.75, 3.05) is 0 Å². The van der Waals surface area contributed by atoms with E-state index in [2.05, 4.69) is 189 Å². The van der Waals surface area contributed by atoms with E-state index in [1.165, 1.54) is 31.8 Å². The maximum Gasteiger partial charge on any atom is 0 e. The van der Waals surface area contributed by atoms with Crippen LogP contribution in [0.1, 0.15) is 0 Å². The zero-order chi connectivity index (χ0) is 41.8. The van der Waals surface area contributed by atoms with Crippen molar-refractivity contribution in [1.29, 1.82) is 0 Å². The molecule has 0 aliphatic heterocycles. The van der Waals surface area contributed by atoms with Crippen LogP contribution in [0.2, 0.25) is 0 Å². The third-order valence-corrected chi connectivity index (χ3v) is 12.7. The molecular formula is C39H31F6O7P2PtS2-. The van der Waals surface area contributed by atoms with Gasteiger partial charge in [-0.25, -0.2) is 8.42 Å². The van der Waals surface area contributed by atoms with E-state index in [0.717, 1.165) is 0 Å². The van der Waals surface area contributed by atoms with Crippen molar-refractivity contribution in [2.24, 2.45) is 0 Å². The Morgan fingerprint density at radius 2 is 0.544 bits per heavy atom. The molecule has 0 heterocycles. The van der Waals surface area contributed by atoms with Crippen molar-refractivity contribution in [3.05, 3.63) is 189 Å². The van der Waals surface area contributed by atoms with Crippen LogP contribution in [0.3, 0.4) is 0 Å². The summed E-state index contributed by atoms with van der Waals surface area (Å²) in [5.74, 6) is 0. The Hall–Kier alpha value is -3.99. The Morgan fingerprint density at radius 1 is 0.421 bits per heavy atom. The second-order valence-corrected chi connectivity index (χ2v) is 17.7. The van der Waals surface area contributed by atoms with E-state index in [9.17, 15) is 26.3 Å². The third-order valence-electron chi connectivity index (χ3n) is 6.66. The third kappa shape index (κ3) is 17.6. The Balaban J connectivity index is 0.000000402. The number of benzene rings is 6. The fraction of sp³-hybridized carbons (Fsp3) is 0.0513. The predicted octanol–water partition coefficient (Wildman–Crippen LogP) is 7.29. The predicted molar refractivity (Wildman–Crippen MR) is 208 cm³/mol. The van der Waals surface area contributed by atoms with Gasteiger partial charge in [0.15, 0.2) is 10.1 Å². The Morgan fingerprint density at radius 3 is 0.632 bits per heavy atom. The van der Waals surface area contributed by atoms with Crippen LogP contribution in [0.15, 0.2) is 182 Å². The van der Waals surface area contributed by atoms with E-state index in [1.54, 1.807) is 0 Å². The Kier molecular flexibility index (Phi) is 22.1. The topological polar surface area (TPSA) is 131 Å². The SMILES string of the molecule is O=S(=O)(O)C(F)(F)F.O=S(=O)([O-])C(F)(F)F.[C-]#[O+].[Pt].c1ccc(P(c2ccccc2)c2ccccc2)cc1.c1ccc(P(c2ccccc2)c2ccccc2)cc1. The van der Waals surface area contributed by atoms with Gasteiger partial charge in [0.25, 0.3) is 0 Å². The molecule has 57 heavy (non-hydrogen) atoms. The maximum absolute atomic E-state index is 10.7. The Labute approximate surface area is 343 Å². The molecule has 0 aliphatic carbocycles. The van der Waals surface area contributed by atoms with Gasteiger partial charge in [-0.1, -0.05) is 182 Å². The summed E-state index contributed by atoms with van der Waals surface area (Å²) in [7, 11) is -12.8. The van der Waals surface area contributed by atoms with E-state index < -0.39 is 47.1 Å². The van der Waals surface area contributed by atoms with Gasteiger partial charge in [0, 0.05) is 21.1 Å². The first-order chi connectivity index (χ1) is 26.4. The van der Waals surface area contributed by atoms with E-state index in [-0.39, 0.29) is 21.1 Å². The van der Waals surface area contributed by atoms with Gasteiger partial charge >= 0.3 is 32.4 Å². The molecule has 0 aromatic heterocycles. The molecule has 0 unspecified atom stereocenters. The first kappa shape index (κ1) is 51.0. The fourth-order valence-corrected chi connectivity index (χ4v) is 8.97. The van der Waals surface area contributed by atoms with Crippen molar-refractivity contribution in [3.8, 4) is 0 Å². The van der Waals surface area contributed by atoms with Crippen LogP contribution in [0.4, 0.5) is 26.3 Å². The molecule has 0 bridgehead atoms. The molecule has 1 N–H and O–H groups in total. The van der Waals surface area contributed by atoms with Crippen LogP contribution in [-0.2, 0) is 46.0 Å². The average molecular weight is 1050 g/mol. The zero-order valence-corrected chi connectivity index (χ0v) is 34.7. The van der Waals surface area contributed by atoms with E-state index in [4.69, 9.17) is 30.6 Å². The quantitative estimate of drug-likeness (QED) is 0.0466. The van der Waals surface area contributed by atoms with E-state index >= 15 is 0 Å². The second kappa shape index (κ2) is 24.7. The molecule has 0 radical (unpaired) electrons. The van der Waals surface area contributed by atoms with Gasteiger partial charge in [-0.2, -0.15) is 34.8 Å². The molecule has 6 aromatic carbocycles. The zero-order valence-electron chi connectivity index (χ0n) is 29.0. The van der Waals surface area contributed by atoms with Crippen LogP contribution in [0.25, 0.3) is 0 Å². The molecule has 304 valence electrons. The van der Waals surface area contributed by atoms with Crippen molar-refractivity contribution >= 4 is 67.9 Å². The monoisotopic (exact) mass is 1050 g/mol. The molecule has 6 rings (SSSR count). The molecule has 0 saturated carbocycles. The number of hydrogen-bond acceptors (Lipinski definition) is 5. The molecule has 0 saturated heterocycles. The standard InChI is InChI=1S/2C18H15P.2CHF3O3S.CO.Pt/c2*1-4-10-16(11-5-1)19(17-12-6-2-7-13-17)18-14-8-3-9-15-18;2*2-1(3,4)8(5,6)7;1-2;/h2*1-15H;2*(H,5,6,7);;/p-1. The minimum absolute atomic E-state index is 0. The summed E-state index contributed by atoms with van der Waals surface area (Å²) < 4.78 is 124. The maximum atomic E-state index is 10.7. The smallest absolute Gasteiger partial charge is 0 e. The normalized spacial score (nSPS) is 11.0. The van der Waals surface area contributed by atoms with Crippen LogP contribution < -0.4 is 31.8 Å². The molecule has 6 aromatic rings. The van der Waals surface area contributed by atoms with Gasteiger partial charge in [-0.05, 0) is 47.7 Å². The summed E-state index contributed by atoms with van der Waals surface area (Å²) in [4.78, 5) is 0.